The topological polar surface area (TPSA) is 41.8 Å². The van der Waals surface area contributed by atoms with Crippen molar-refractivity contribution < 1.29 is 8.78 Å². The molecule has 1 atom stereocenters. The minimum absolute atomic E-state index is 0.0134. The van der Waals surface area contributed by atoms with Crippen molar-refractivity contribution in [2.24, 2.45) is 5.73 Å². The lowest BCUT2D eigenvalue weighted by molar-refractivity contribution is 0.0893. The molecule has 0 saturated heterocycles. The Hall–Kier alpha value is -0.900. The maximum absolute atomic E-state index is 13.3. The lowest BCUT2D eigenvalue weighted by Gasteiger charge is -2.15. The summed E-state index contributed by atoms with van der Waals surface area (Å²) in [7, 11) is 0. The van der Waals surface area contributed by atoms with Crippen molar-refractivity contribution in [2.75, 3.05) is 6.54 Å². The summed E-state index contributed by atoms with van der Waals surface area (Å²) in [6.07, 6.45) is 1.65. The van der Waals surface area contributed by atoms with Gasteiger partial charge >= 0.3 is 0 Å². The Bertz CT molecular complexity index is 351. The van der Waals surface area contributed by atoms with Gasteiger partial charge < -0.3 is 10.7 Å². The number of aryl methyl sites for hydroxylation is 2. The van der Waals surface area contributed by atoms with Crippen LogP contribution in [0.5, 0.6) is 0 Å². The number of hydrogen-bond acceptors (Lipinski definition) is 1. The standard InChI is InChI=1S/C10H14F2N2/c1-6-3-14-7(2)8(6)9(5-13)4-10(9,11)12/h3,14H,4-5,13H2,1-2H3. The molecule has 2 nitrogen and oxygen atoms in total. The Morgan fingerprint density at radius 2 is 2.07 bits per heavy atom. The number of halogens is 2. The zero-order chi connectivity index (χ0) is 10.6. The van der Waals surface area contributed by atoms with E-state index in [1.165, 1.54) is 0 Å². The molecule has 1 aromatic heterocycles. The number of aromatic amines is 1. The summed E-state index contributed by atoms with van der Waals surface area (Å²) in [4.78, 5) is 2.97. The van der Waals surface area contributed by atoms with Gasteiger partial charge in [-0.25, -0.2) is 8.78 Å². The lowest BCUT2D eigenvalue weighted by Crippen LogP contribution is -2.27. The normalized spacial score (nSPS) is 29.2. The fourth-order valence-electron chi connectivity index (χ4n) is 2.32. The van der Waals surface area contributed by atoms with Gasteiger partial charge in [0.15, 0.2) is 0 Å². The van der Waals surface area contributed by atoms with Gasteiger partial charge in [-0.1, -0.05) is 0 Å². The van der Waals surface area contributed by atoms with Gasteiger partial charge in [0.05, 0.1) is 5.41 Å². The summed E-state index contributed by atoms with van der Waals surface area (Å²) in [6, 6.07) is 0. The Morgan fingerprint density at radius 1 is 1.50 bits per heavy atom. The second-order valence-corrected chi connectivity index (χ2v) is 4.14. The summed E-state index contributed by atoms with van der Waals surface area (Å²) >= 11 is 0. The molecule has 0 spiro atoms. The van der Waals surface area contributed by atoms with Crippen LogP contribution < -0.4 is 5.73 Å². The summed E-state index contributed by atoms with van der Waals surface area (Å²) in [5.74, 6) is -2.63. The SMILES string of the molecule is Cc1c[nH]c(C)c1C1(CN)CC1(F)F. The van der Waals surface area contributed by atoms with E-state index in [-0.39, 0.29) is 13.0 Å². The number of nitrogens with one attached hydrogen (secondary N) is 1. The molecule has 1 aromatic rings. The van der Waals surface area contributed by atoms with Gasteiger partial charge in [-0.05, 0) is 25.0 Å². The van der Waals surface area contributed by atoms with Crippen molar-refractivity contribution in [3.8, 4) is 0 Å². The van der Waals surface area contributed by atoms with Crippen molar-refractivity contribution in [2.45, 2.75) is 31.6 Å². The minimum Gasteiger partial charge on any atom is -0.365 e. The van der Waals surface area contributed by atoms with Crippen LogP contribution in [0.3, 0.4) is 0 Å². The third kappa shape index (κ3) is 0.974. The highest BCUT2D eigenvalue weighted by molar-refractivity contribution is 5.45. The van der Waals surface area contributed by atoms with Crippen molar-refractivity contribution in [3.05, 3.63) is 23.0 Å². The molecule has 1 saturated carbocycles. The third-order valence-electron chi connectivity index (χ3n) is 3.20. The molecule has 1 heterocycles. The summed E-state index contributed by atoms with van der Waals surface area (Å²) < 4.78 is 26.6. The van der Waals surface area contributed by atoms with Gasteiger partial charge in [-0.2, -0.15) is 0 Å². The molecular formula is C10H14F2N2. The molecule has 1 aliphatic rings. The molecule has 4 heteroatoms. The van der Waals surface area contributed by atoms with Crippen LogP contribution in [0.25, 0.3) is 0 Å². The van der Waals surface area contributed by atoms with E-state index >= 15 is 0 Å². The van der Waals surface area contributed by atoms with Gasteiger partial charge in [0, 0.05) is 24.9 Å². The number of rotatable bonds is 2. The first kappa shape index (κ1) is 9.65. The molecule has 2 rings (SSSR count). The summed E-state index contributed by atoms with van der Waals surface area (Å²) in [6.45, 7) is 3.66. The second kappa shape index (κ2) is 2.57. The molecular weight excluding hydrogens is 186 g/mol. The van der Waals surface area contributed by atoms with E-state index in [0.29, 0.717) is 5.56 Å². The monoisotopic (exact) mass is 200 g/mol. The van der Waals surface area contributed by atoms with Crippen LogP contribution in [0.15, 0.2) is 6.20 Å². The first-order valence-corrected chi connectivity index (χ1v) is 4.67. The largest absolute Gasteiger partial charge is 0.365 e. The number of H-pyrrole nitrogens is 1. The zero-order valence-corrected chi connectivity index (χ0v) is 8.32. The van der Waals surface area contributed by atoms with Gasteiger partial charge in [0.2, 0.25) is 0 Å². The zero-order valence-electron chi connectivity index (χ0n) is 8.32. The molecule has 0 aliphatic heterocycles. The Labute approximate surface area is 81.5 Å². The average Bonchev–Trinajstić information content (AvgIpc) is 2.49. The molecule has 14 heavy (non-hydrogen) atoms. The van der Waals surface area contributed by atoms with Crippen LogP contribution in [0, 0.1) is 13.8 Å². The highest BCUT2D eigenvalue weighted by Gasteiger charge is 2.72. The van der Waals surface area contributed by atoms with E-state index in [2.05, 4.69) is 4.98 Å². The smallest absolute Gasteiger partial charge is 0.260 e. The first-order valence-electron chi connectivity index (χ1n) is 4.67. The van der Waals surface area contributed by atoms with Crippen molar-refractivity contribution in [1.82, 2.24) is 4.98 Å². The lowest BCUT2D eigenvalue weighted by atomic mass is 9.92. The molecule has 1 unspecified atom stereocenters. The van der Waals surface area contributed by atoms with Crippen LogP contribution >= 0.6 is 0 Å². The number of hydrogen-bond donors (Lipinski definition) is 2. The number of nitrogens with two attached hydrogens (primary N) is 1. The molecule has 78 valence electrons. The minimum atomic E-state index is -2.63. The Kier molecular flexibility index (Phi) is 1.77. The Balaban J connectivity index is 2.50. The van der Waals surface area contributed by atoms with Gasteiger partial charge in [0.1, 0.15) is 0 Å². The number of aromatic nitrogens is 1. The van der Waals surface area contributed by atoms with E-state index in [1.807, 2.05) is 13.8 Å². The predicted octanol–water partition coefficient (Wildman–Crippen LogP) is 1.87. The highest BCUT2D eigenvalue weighted by atomic mass is 19.3. The maximum Gasteiger partial charge on any atom is 0.260 e. The van der Waals surface area contributed by atoms with Crippen LogP contribution in [-0.2, 0) is 5.41 Å². The maximum atomic E-state index is 13.3. The fourth-order valence-corrected chi connectivity index (χ4v) is 2.32. The third-order valence-corrected chi connectivity index (χ3v) is 3.20. The quantitative estimate of drug-likeness (QED) is 0.751. The second-order valence-electron chi connectivity index (χ2n) is 4.14. The molecule has 1 fully saturated rings. The fraction of sp³-hybridized carbons (Fsp3) is 0.600. The molecule has 0 amide bonds. The Morgan fingerprint density at radius 3 is 2.36 bits per heavy atom. The van der Waals surface area contributed by atoms with Crippen LogP contribution in [0.1, 0.15) is 23.2 Å². The summed E-state index contributed by atoms with van der Waals surface area (Å²) in [5.41, 5.74) is 6.79. The van der Waals surface area contributed by atoms with Crippen molar-refractivity contribution in [3.63, 3.8) is 0 Å². The van der Waals surface area contributed by atoms with Crippen LogP contribution in [0.2, 0.25) is 0 Å². The average molecular weight is 200 g/mol. The van der Waals surface area contributed by atoms with E-state index < -0.39 is 11.3 Å². The highest BCUT2D eigenvalue weighted by Crippen LogP contribution is 2.62. The number of alkyl halides is 2. The van der Waals surface area contributed by atoms with Crippen LogP contribution in [-0.4, -0.2) is 17.5 Å². The van der Waals surface area contributed by atoms with Crippen molar-refractivity contribution >= 4 is 0 Å². The molecule has 0 aromatic carbocycles. The van der Waals surface area contributed by atoms with Crippen LogP contribution in [0.4, 0.5) is 8.78 Å². The van der Waals surface area contributed by atoms with Gasteiger partial charge in [0.25, 0.3) is 5.92 Å². The molecule has 1 aliphatic carbocycles. The molecule has 0 radical (unpaired) electrons. The van der Waals surface area contributed by atoms with Gasteiger partial charge in [-0.15, -0.1) is 0 Å². The molecule has 0 bridgehead atoms. The molecule has 3 N–H and O–H groups in total. The first-order chi connectivity index (χ1) is 6.44. The van der Waals surface area contributed by atoms with E-state index in [1.54, 1.807) is 6.20 Å². The predicted molar refractivity (Wildman–Crippen MR) is 50.6 cm³/mol. The van der Waals surface area contributed by atoms with Gasteiger partial charge in [-0.3, -0.25) is 0 Å². The van der Waals surface area contributed by atoms with E-state index in [4.69, 9.17) is 5.73 Å². The van der Waals surface area contributed by atoms with E-state index in [9.17, 15) is 8.78 Å². The van der Waals surface area contributed by atoms with E-state index in [0.717, 1.165) is 11.3 Å². The summed E-state index contributed by atoms with van der Waals surface area (Å²) in [5, 5.41) is 0. The van der Waals surface area contributed by atoms with Crippen molar-refractivity contribution in [1.29, 1.82) is 0 Å².